The molecule has 0 bridgehead atoms. The number of esters is 1. The third-order valence-electron chi connectivity index (χ3n) is 3.81. The zero-order chi connectivity index (χ0) is 19.6. The molecule has 27 heavy (non-hydrogen) atoms. The van der Waals surface area contributed by atoms with Crippen molar-refractivity contribution in [1.82, 2.24) is 5.32 Å². The van der Waals surface area contributed by atoms with Crippen LogP contribution < -0.4 is 5.32 Å². The van der Waals surface area contributed by atoms with Crippen LogP contribution in [0.25, 0.3) is 11.0 Å². The van der Waals surface area contributed by atoms with Crippen molar-refractivity contribution in [3.8, 4) is 0 Å². The van der Waals surface area contributed by atoms with Crippen LogP contribution in [0.4, 0.5) is 8.78 Å². The minimum atomic E-state index is -1.24. The lowest BCUT2D eigenvalue weighted by Gasteiger charge is -2.12. The summed E-state index contributed by atoms with van der Waals surface area (Å²) in [4.78, 5) is 23.9. The Labute approximate surface area is 157 Å². The summed E-state index contributed by atoms with van der Waals surface area (Å²) in [6.45, 7) is 1.10. The van der Waals surface area contributed by atoms with E-state index in [1.54, 1.807) is 19.1 Å². The number of fused-ring (bicyclic) bond motifs is 1. The summed E-state index contributed by atoms with van der Waals surface area (Å²) >= 11 is 5.69. The Morgan fingerprint density at radius 2 is 1.89 bits per heavy atom. The van der Waals surface area contributed by atoms with Crippen molar-refractivity contribution in [1.29, 1.82) is 0 Å². The van der Waals surface area contributed by atoms with E-state index in [0.29, 0.717) is 23.5 Å². The number of para-hydroxylation sites is 1. The van der Waals surface area contributed by atoms with Gasteiger partial charge in [0.15, 0.2) is 18.2 Å². The average Bonchev–Trinajstić information content (AvgIpc) is 3.07. The van der Waals surface area contributed by atoms with E-state index >= 15 is 0 Å². The zero-order valence-corrected chi connectivity index (χ0v) is 14.8. The molecule has 2 aromatic carbocycles. The summed E-state index contributed by atoms with van der Waals surface area (Å²) in [5, 5.41) is 3.21. The largest absolute Gasteiger partial charge is 0.459 e. The summed E-state index contributed by atoms with van der Waals surface area (Å²) in [6, 6.07) is 10.0. The van der Waals surface area contributed by atoms with Gasteiger partial charge in [-0.3, -0.25) is 4.79 Å². The summed E-state index contributed by atoms with van der Waals surface area (Å²) in [5.41, 5.74) is 0.321. The minimum Gasteiger partial charge on any atom is -0.459 e. The van der Waals surface area contributed by atoms with Crippen LogP contribution in [0.5, 0.6) is 0 Å². The fraction of sp³-hybridized carbons (Fsp3) is 0.158. The quantitative estimate of drug-likeness (QED) is 0.515. The predicted octanol–water partition coefficient (Wildman–Crippen LogP) is 4.40. The summed E-state index contributed by atoms with van der Waals surface area (Å²) in [7, 11) is 0. The van der Waals surface area contributed by atoms with Gasteiger partial charge in [-0.25, -0.2) is 13.6 Å². The molecule has 0 saturated carbocycles. The average molecular weight is 394 g/mol. The Morgan fingerprint density at radius 3 is 2.63 bits per heavy atom. The second-order valence-corrected chi connectivity index (χ2v) is 6.21. The maximum atomic E-state index is 13.2. The van der Waals surface area contributed by atoms with Crippen molar-refractivity contribution in [2.24, 2.45) is 0 Å². The maximum Gasteiger partial charge on any atom is 0.340 e. The fourth-order valence-corrected chi connectivity index (χ4v) is 2.69. The third kappa shape index (κ3) is 4.25. The topological polar surface area (TPSA) is 68.5 Å². The zero-order valence-electron chi connectivity index (χ0n) is 14.1. The Balaban J connectivity index is 1.59. The summed E-state index contributed by atoms with van der Waals surface area (Å²) in [6.07, 6.45) is 0. The Hall–Kier alpha value is -2.93. The molecular weight excluding hydrogens is 380 g/mol. The van der Waals surface area contributed by atoms with Crippen LogP contribution in [0, 0.1) is 11.6 Å². The van der Waals surface area contributed by atoms with Gasteiger partial charge < -0.3 is 14.5 Å². The number of carbonyl (C=O) groups excluding carboxylic acids is 2. The van der Waals surface area contributed by atoms with E-state index in [1.165, 1.54) is 0 Å². The van der Waals surface area contributed by atoms with Crippen LogP contribution in [-0.4, -0.2) is 18.5 Å². The van der Waals surface area contributed by atoms with Gasteiger partial charge in [0.25, 0.3) is 5.91 Å². The first kappa shape index (κ1) is 18.8. The number of hydrogen-bond donors (Lipinski definition) is 1. The Morgan fingerprint density at radius 1 is 1.19 bits per heavy atom. The fourth-order valence-electron chi connectivity index (χ4n) is 2.46. The summed E-state index contributed by atoms with van der Waals surface area (Å²) < 4.78 is 36.7. The molecule has 3 aromatic rings. The number of ether oxygens (including phenoxy) is 1. The molecule has 0 aliphatic heterocycles. The van der Waals surface area contributed by atoms with Gasteiger partial charge in [0.2, 0.25) is 0 Å². The lowest BCUT2D eigenvalue weighted by atomic mass is 10.2. The maximum absolute atomic E-state index is 13.2. The van der Waals surface area contributed by atoms with Crippen molar-refractivity contribution in [3.05, 3.63) is 70.4 Å². The van der Waals surface area contributed by atoms with Crippen molar-refractivity contribution in [3.63, 3.8) is 0 Å². The first-order chi connectivity index (χ1) is 12.8. The Bertz CT molecular complexity index is 985. The highest BCUT2D eigenvalue weighted by atomic mass is 35.5. The molecule has 0 radical (unpaired) electrons. The molecule has 3 rings (SSSR count). The number of furan rings is 1. The molecule has 0 fully saturated rings. The van der Waals surface area contributed by atoms with Gasteiger partial charge in [-0.2, -0.15) is 0 Å². The van der Waals surface area contributed by atoms with Gasteiger partial charge in [0, 0.05) is 5.39 Å². The van der Waals surface area contributed by atoms with E-state index in [0.717, 1.165) is 5.39 Å². The third-order valence-corrected chi connectivity index (χ3v) is 4.13. The van der Waals surface area contributed by atoms with Gasteiger partial charge in [0.1, 0.15) is 11.3 Å². The van der Waals surface area contributed by atoms with Gasteiger partial charge in [0.05, 0.1) is 16.6 Å². The van der Waals surface area contributed by atoms with Crippen LogP contribution in [0.3, 0.4) is 0 Å². The monoisotopic (exact) mass is 393 g/mol. The molecule has 5 nitrogen and oxygen atoms in total. The number of rotatable bonds is 5. The lowest BCUT2D eigenvalue weighted by molar-refractivity contribution is -0.125. The predicted molar refractivity (Wildman–Crippen MR) is 94.4 cm³/mol. The standard InChI is InChI=1S/C19H14ClF2NO4/c1-10(17-6-11-4-2-3-5-16(11)27-17)23-18(24)9-26-19(25)12-7-14(21)15(22)8-13(12)20/h2-8,10H,9H2,1H3,(H,23,24)/t10-/m0/s1. The smallest absolute Gasteiger partial charge is 0.340 e. The normalized spacial score (nSPS) is 12.0. The van der Waals surface area contributed by atoms with Crippen LogP contribution >= 0.6 is 11.6 Å². The molecule has 1 amide bonds. The van der Waals surface area contributed by atoms with Crippen molar-refractivity contribution < 1.29 is 27.5 Å². The van der Waals surface area contributed by atoms with E-state index in [9.17, 15) is 18.4 Å². The molecule has 0 unspecified atom stereocenters. The first-order valence-electron chi connectivity index (χ1n) is 7.94. The molecule has 1 atom stereocenters. The molecule has 8 heteroatoms. The second-order valence-electron chi connectivity index (χ2n) is 5.80. The van der Waals surface area contributed by atoms with Gasteiger partial charge in [-0.1, -0.05) is 29.8 Å². The second kappa shape index (κ2) is 7.75. The number of carbonyl (C=O) groups is 2. The first-order valence-corrected chi connectivity index (χ1v) is 8.32. The molecule has 1 aromatic heterocycles. The van der Waals surface area contributed by atoms with Crippen molar-refractivity contribution in [2.45, 2.75) is 13.0 Å². The molecule has 0 aliphatic carbocycles. The van der Waals surface area contributed by atoms with Crippen LogP contribution in [0.1, 0.15) is 29.1 Å². The van der Waals surface area contributed by atoms with Crippen LogP contribution in [0.2, 0.25) is 5.02 Å². The Kier molecular flexibility index (Phi) is 5.41. The van der Waals surface area contributed by atoms with Gasteiger partial charge in [-0.15, -0.1) is 0 Å². The number of benzene rings is 2. The molecule has 0 aliphatic rings. The molecule has 1 N–H and O–H groups in total. The van der Waals surface area contributed by atoms with E-state index in [-0.39, 0.29) is 10.6 Å². The molecular formula is C19H14ClF2NO4. The minimum absolute atomic E-state index is 0.310. The number of nitrogens with one attached hydrogen (secondary N) is 1. The highest BCUT2D eigenvalue weighted by molar-refractivity contribution is 6.33. The van der Waals surface area contributed by atoms with E-state index < -0.39 is 36.2 Å². The van der Waals surface area contributed by atoms with Gasteiger partial charge in [-0.05, 0) is 31.2 Å². The molecule has 0 spiro atoms. The molecule has 140 valence electrons. The SMILES string of the molecule is C[C@H](NC(=O)COC(=O)c1cc(F)c(F)cc1Cl)c1cc2ccccc2o1. The van der Waals surface area contributed by atoms with Crippen LogP contribution in [-0.2, 0) is 9.53 Å². The molecule has 1 heterocycles. The van der Waals surface area contributed by atoms with E-state index in [2.05, 4.69) is 5.32 Å². The number of hydrogen-bond acceptors (Lipinski definition) is 4. The molecule has 0 saturated heterocycles. The van der Waals surface area contributed by atoms with Gasteiger partial charge >= 0.3 is 5.97 Å². The highest BCUT2D eigenvalue weighted by Crippen LogP contribution is 2.24. The van der Waals surface area contributed by atoms with Crippen LogP contribution in [0.15, 0.2) is 46.9 Å². The van der Waals surface area contributed by atoms with E-state index in [1.807, 2.05) is 18.2 Å². The van der Waals surface area contributed by atoms with E-state index in [4.69, 9.17) is 20.8 Å². The van der Waals surface area contributed by atoms with Crippen molar-refractivity contribution in [2.75, 3.05) is 6.61 Å². The number of halogens is 3. The summed E-state index contributed by atoms with van der Waals surface area (Å²) in [5.74, 6) is -3.51. The highest BCUT2D eigenvalue weighted by Gasteiger charge is 2.19. The number of amides is 1. The lowest BCUT2D eigenvalue weighted by Crippen LogP contribution is -2.31. The van der Waals surface area contributed by atoms with Crippen molar-refractivity contribution >= 4 is 34.4 Å².